The quantitative estimate of drug-likeness (QED) is 0.881. The van der Waals surface area contributed by atoms with E-state index in [0.717, 1.165) is 4.90 Å². The van der Waals surface area contributed by atoms with Crippen molar-refractivity contribution in [3.8, 4) is 0 Å². The molecule has 0 radical (unpaired) electrons. The van der Waals surface area contributed by atoms with E-state index >= 15 is 0 Å². The van der Waals surface area contributed by atoms with Crippen LogP contribution in [0.2, 0.25) is 0 Å². The molecule has 0 bridgehead atoms. The van der Waals surface area contributed by atoms with E-state index in [1.807, 2.05) is 0 Å². The number of hydrogen-bond acceptors (Lipinski definition) is 3. The number of carbonyl (C=O) groups excluding carboxylic acids is 1. The smallest absolute Gasteiger partial charge is 0.382 e. The van der Waals surface area contributed by atoms with Gasteiger partial charge in [-0.25, -0.2) is 0 Å². The van der Waals surface area contributed by atoms with E-state index in [9.17, 15) is 18.0 Å². The Bertz CT molecular complexity index is 395. The molecule has 100 valence electrons. The fourth-order valence-corrected chi connectivity index (χ4v) is 1.28. The van der Waals surface area contributed by atoms with Gasteiger partial charge in [-0.3, -0.25) is 9.78 Å². The maximum Gasteiger partial charge on any atom is 0.416 e. The first-order valence-corrected chi connectivity index (χ1v) is 5.18. The molecular weight excluding hydrogens is 249 g/mol. The van der Waals surface area contributed by atoms with Crippen LogP contribution in [0.4, 0.5) is 13.2 Å². The Labute approximate surface area is 102 Å². The average Bonchev–Trinajstić information content (AvgIpc) is 2.28. The van der Waals surface area contributed by atoms with Gasteiger partial charge in [-0.15, -0.1) is 0 Å². The van der Waals surface area contributed by atoms with Gasteiger partial charge in [0.2, 0.25) is 5.91 Å². The Morgan fingerprint density at radius 2 is 2.22 bits per heavy atom. The van der Waals surface area contributed by atoms with Crippen molar-refractivity contribution in [2.24, 2.45) is 0 Å². The van der Waals surface area contributed by atoms with E-state index in [1.165, 1.54) is 19.4 Å². The number of nitrogens with zero attached hydrogens (tertiary/aromatic N) is 2. The van der Waals surface area contributed by atoms with Crippen molar-refractivity contribution in [3.63, 3.8) is 0 Å². The van der Waals surface area contributed by atoms with E-state index < -0.39 is 24.7 Å². The lowest BCUT2D eigenvalue weighted by molar-refractivity contribution is -0.207. The molecule has 0 fully saturated rings. The summed E-state index contributed by atoms with van der Waals surface area (Å²) in [6.45, 7) is -0.775. The van der Waals surface area contributed by atoms with Gasteiger partial charge in [0.25, 0.3) is 0 Å². The highest BCUT2D eigenvalue weighted by Crippen LogP contribution is 2.20. The number of alkyl halides is 3. The second-order valence-corrected chi connectivity index (χ2v) is 3.87. The van der Waals surface area contributed by atoms with Crippen LogP contribution in [-0.2, 0) is 11.2 Å². The van der Waals surface area contributed by atoms with E-state index in [-0.39, 0.29) is 6.42 Å². The zero-order chi connectivity index (χ0) is 13.8. The van der Waals surface area contributed by atoms with Crippen LogP contribution in [0.15, 0.2) is 24.5 Å². The van der Waals surface area contributed by atoms with Gasteiger partial charge in [-0.1, -0.05) is 6.07 Å². The minimum atomic E-state index is -4.72. The number of amides is 1. The van der Waals surface area contributed by atoms with Crippen molar-refractivity contribution in [1.29, 1.82) is 0 Å². The highest BCUT2D eigenvalue weighted by Gasteiger charge is 2.39. The molecule has 0 saturated heterocycles. The molecule has 4 nitrogen and oxygen atoms in total. The lowest BCUT2D eigenvalue weighted by Crippen LogP contribution is -2.42. The summed E-state index contributed by atoms with van der Waals surface area (Å²) in [5.74, 6) is -0.508. The van der Waals surface area contributed by atoms with Crippen LogP contribution in [0.5, 0.6) is 0 Å². The zero-order valence-electron chi connectivity index (χ0n) is 9.68. The molecule has 0 aliphatic heterocycles. The molecule has 1 N–H and O–H groups in total. The highest BCUT2D eigenvalue weighted by atomic mass is 19.4. The first kappa shape index (κ1) is 14.4. The standard InChI is InChI=1S/C11H13F3N2O2/c1-16(7-9(17)11(12,13)14)10(18)5-8-3-2-4-15-6-8/h2-4,6,9,17H,5,7H2,1H3. The topological polar surface area (TPSA) is 53.4 Å². The maximum absolute atomic E-state index is 12.1. The number of aromatic nitrogens is 1. The average molecular weight is 262 g/mol. The van der Waals surface area contributed by atoms with Gasteiger partial charge < -0.3 is 10.0 Å². The number of pyridine rings is 1. The summed E-state index contributed by atoms with van der Waals surface area (Å²) in [6, 6.07) is 3.28. The Hall–Kier alpha value is -1.63. The summed E-state index contributed by atoms with van der Waals surface area (Å²) < 4.78 is 36.3. The second kappa shape index (κ2) is 5.81. The third-order valence-corrected chi connectivity index (χ3v) is 2.33. The van der Waals surface area contributed by atoms with Crippen molar-refractivity contribution in [1.82, 2.24) is 9.88 Å². The fraction of sp³-hybridized carbons (Fsp3) is 0.455. The lowest BCUT2D eigenvalue weighted by atomic mass is 10.2. The third-order valence-electron chi connectivity index (χ3n) is 2.33. The summed E-state index contributed by atoms with van der Waals surface area (Å²) >= 11 is 0. The van der Waals surface area contributed by atoms with Crippen molar-refractivity contribution < 1.29 is 23.1 Å². The first-order valence-electron chi connectivity index (χ1n) is 5.18. The van der Waals surface area contributed by atoms with Gasteiger partial charge in [-0.05, 0) is 11.6 Å². The molecule has 1 heterocycles. The Balaban J connectivity index is 2.52. The molecule has 1 atom stereocenters. The lowest BCUT2D eigenvalue weighted by Gasteiger charge is -2.22. The van der Waals surface area contributed by atoms with Crippen LogP contribution in [0.3, 0.4) is 0 Å². The number of carbonyl (C=O) groups is 1. The van der Waals surface area contributed by atoms with Gasteiger partial charge in [0, 0.05) is 19.4 Å². The van der Waals surface area contributed by atoms with Crippen molar-refractivity contribution in [3.05, 3.63) is 30.1 Å². The Morgan fingerprint density at radius 1 is 1.56 bits per heavy atom. The molecule has 18 heavy (non-hydrogen) atoms. The number of halogens is 3. The second-order valence-electron chi connectivity index (χ2n) is 3.87. The normalized spacial score (nSPS) is 13.2. The summed E-state index contributed by atoms with van der Waals surface area (Å²) in [5.41, 5.74) is 0.607. The van der Waals surface area contributed by atoms with Gasteiger partial charge in [0.05, 0.1) is 13.0 Å². The molecule has 0 aliphatic carbocycles. The molecule has 1 amide bonds. The third kappa shape index (κ3) is 4.33. The molecule has 1 rings (SSSR count). The van der Waals surface area contributed by atoms with E-state index in [1.54, 1.807) is 12.1 Å². The van der Waals surface area contributed by atoms with Gasteiger partial charge >= 0.3 is 6.18 Å². The minimum absolute atomic E-state index is 0.0467. The summed E-state index contributed by atoms with van der Waals surface area (Å²) in [5, 5.41) is 8.84. The van der Waals surface area contributed by atoms with Crippen molar-refractivity contribution in [2.45, 2.75) is 18.7 Å². The largest absolute Gasteiger partial charge is 0.416 e. The van der Waals surface area contributed by atoms with Crippen molar-refractivity contribution in [2.75, 3.05) is 13.6 Å². The number of hydrogen-bond donors (Lipinski definition) is 1. The van der Waals surface area contributed by atoms with Crippen LogP contribution < -0.4 is 0 Å². The molecule has 0 aliphatic rings. The summed E-state index contributed by atoms with van der Waals surface area (Å²) in [4.78, 5) is 16.2. The molecular formula is C11H13F3N2O2. The predicted octanol–water partition coefficient (Wildman–Crippen LogP) is 1.01. The Morgan fingerprint density at radius 3 is 2.72 bits per heavy atom. The predicted molar refractivity (Wildman–Crippen MR) is 57.6 cm³/mol. The molecule has 0 saturated carbocycles. The van der Waals surface area contributed by atoms with E-state index in [4.69, 9.17) is 5.11 Å². The molecule has 0 aromatic carbocycles. The van der Waals surface area contributed by atoms with E-state index in [0.29, 0.717) is 5.56 Å². The van der Waals surface area contributed by atoms with Gasteiger partial charge in [-0.2, -0.15) is 13.2 Å². The van der Waals surface area contributed by atoms with Crippen molar-refractivity contribution >= 4 is 5.91 Å². The van der Waals surface area contributed by atoms with E-state index in [2.05, 4.69) is 4.98 Å². The van der Waals surface area contributed by atoms with Crippen LogP contribution in [0.25, 0.3) is 0 Å². The van der Waals surface area contributed by atoms with Crippen LogP contribution in [0.1, 0.15) is 5.56 Å². The van der Waals surface area contributed by atoms with Gasteiger partial charge in [0.1, 0.15) is 0 Å². The summed E-state index contributed by atoms with van der Waals surface area (Å²) in [7, 11) is 1.22. The number of rotatable bonds is 4. The van der Waals surface area contributed by atoms with Crippen LogP contribution in [-0.4, -0.2) is 46.8 Å². The van der Waals surface area contributed by atoms with Crippen LogP contribution >= 0.6 is 0 Å². The molecule has 1 aromatic heterocycles. The SMILES string of the molecule is CN(CC(O)C(F)(F)F)C(=O)Cc1cccnc1. The first-order chi connectivity index (χ1) is 8.30. The van der Waals surface area contributed by atoms with Gasteiger partial charge in [0.15, 0.2) is 6.10 Å². The maximum atomic E-state index is 12.1. The fourth-order valence-electron chi connectivity index (χ4n) is 1.28. The number of aliphatic hydroxyl groups is 1. The summed E-state index contributed by atoms with van der Waals surface area (Å²) in [6.07, 6.45) is -4.30. The molecule has 1 unspecified atom stereocenters. The number of likely N-dealkylation sites (N-methyl/N-ethyl adjacent to an activating group) is 1. The number of aliphatic hydroxyl groups excluding tert-OH is 1. The molecule has 1 aromatic rings. The molecule has 7 heteroatoms. The Kier molecular flexibility index (Phi) is 4.66. The molecule has 0 spiro atoms. The van der Waals surface area contributed by atoms with Crippen LogP contribution in [0, 0.1) is 0 Å². The highest BCUT2D eigenvalue weighted by molar-refractivity contribution is 5.78. The monoisotopic (exact) mass is 262 g/mol. The minimum Gasteiger partial charge on any atom is -0.382 e. The zero-order valence-corrected chi connectivity index (χ0v) is 9.68.